The molecule has 3 unspecified atom stereocenters. The number of aliphatic imine (C=N–C) groups is 2. The number of carbonyl (C=O) groups is 1. The summed E-state index contributed by atoms with van der Waals surface area (Å²) in [6.45, 7) is 0.582. The van der Waals surface area contributed by atoms with E-state index in [1.165, 1.54) is 6.08 Å². The number of carbonyl (C=O) groups excluding carboxylic acids is 1. The number of allylic oxidation sites excluding steroid dienone is 1. The third kappa shape index (κ3) is 5.71. The van der Waals surface area contributed by atoms with Crippen molar-refractivity contribution in [2.75, 3.05) is 11.9 Å². The summed E-state index contributed by atoms with van der Waals surface area (Å²) in [6, 6.07) is 1.10. The van der Waals surface area contributed by atoms with E-state index < -0.39 is 72.2 Å². The van der Waals surface area contributed by atoms with E-state index in [1.54, 1.807) is 0 Å². The Kier molecular flexibility index (Phi) is 7.27. The van der Waals surface area contributed by atoms with Crippen molar-refractivity contribution >= 4 is 23.8 Å². The lowest BCUT2D eigenvalue weighted by atomic mass is 9.82. The van der Waals surface area contributed by atoms with Gasteiger partial charge in [0.25, 0.3) is 17.9 Å². The molecule has 34 heavy (non-hydrogen) atoms. The molecular weight excluding hydrogens is 466 g/mol. The van der Waals surface area contributed by atoms with Crippen LogP contribution in [0.3, 0.4) is 0 Å². The van der Waals surface area contributed by atoms with Gasteiger partial charge in [0.2, 0.25) is 5.92 Å². The normalized spacial score (nSPS) is 28.9. The average Bonchev–Trinajstić information content (AvgIpc) is 2.77. The number of hydrogen-bond acceptors (Lipinski definition) is 5. The van der Waals surface area contributed by atoms with Gasteiger partial charge in [0, 0.05) is 36.7 Å². The van der Waals surface area contributed by atoms with E-state index >= 15 is 8.78 Å². The first-order valence-corrected chi connectivity index (χ1v) is 10.5. The van der Waals surface area contributed by atoms with E-state index in [2.05, 4.69) is 15.3 Å². The van der Waals surface area contributed by atoms with E-state index in [4.69, 9.17) is 10.5 Å². The lowest BCUT2D eigenvalue weighted by molar-refractivity contribution is -0.116. The van der Waals surface area contributed by atoms with Crippen molar-refractivity contribution in [2.45, 2.75) is 62.2 Å². The van der Waals surface area contributed by atoms with Crippen LogP contribution in [-0.2, 0) is 15.1 Å². The molecule has 0 aliphatic carbocycles. The maximum Gasteiger partial charge on any atom is 0.283 e. The van der Waals surface area contributed by atoms with E-state index in [0.717, 1.165) is 37.4 Å². The highest BCUT2D eigenvalue weighted by Gasteiger charge is 2.54. The highest BCUT2D eigenvalue weighted by molar-refractivity contribution is 5.97. The number of rotatable bonds is 3. The van der Waals surface area contributed by atoms with E-state index in [0.29, 0.717) is 0 Å². The van der Waals surface area contributed by atoms with Gasteiger partial charge in [-0.3, -0.25) is 9.79 Å². The molecule has 0 bridgehead atoms. The van der Waals surface area contributed by atoms with Gasteiger partial charge in [-0.1, -0.05) is 6.08 Å². The number of nitrogens with one attached hydrogen (secondary N) is 1. The SMILES string of the molecule is CC1(c2cc(NC(=O)C3C=CC(F)C=N3)ccc2F)N=C(N)OCCCC(F)(F)CCC1(F)F. The summed E-state index contributed by atoms with van der Waals surface area (Å²) in [5.74, 6) is -9.19. The van der Waals surface area contributed by atoms with Crippen LogP contribution in [0.4, 0.5) is 32.0 Å². The molecule has 3 atom stereocenters. The molecule has 3 N–H and O–H groups in total. The quantitative estimate of drug-likeness (QED) is 0.483. The van der Waals surface area contributed by atoms with Gasteiger partial charge >= 0.3 is 0 Å². The largest absolute Gasteiger partial charge is 0.465 e. The summed E-state index contributed by atoms with van der Waals surface area (Å²) in [5.41, 5.74) is 2.12. The molecule has 0 radical (unpaired) electrons. The van der Waals surface area contributed by atoms with E-state index in [-0.39, 0.29) is 18.7 Å². The zero-order chi connectivity index (χ0) is 25.1. The van der Waals surface area contributed by atoms with Crippen molar-refractivity contribution in [1.29, 1.82) is 0 Å². The first kappa shape index (κ1) is 25.6. The molecule has 3 rings (SSSR count). The Hall–Kier alpha value is -3.05. The topological polar surface area (TPSA) is 89.1 Å². The van der Waals surface area contributed by atoms with Crippen LogP contribution >= 0.6 is 0 Å². The monoisotopic (exact) mass is 490 g/mol. The molecule has 0 aromatic heterocycles. The van der Waals surface area contributed by atoms with Crippen LogP contribution < -0.4 is 11.1 Å². The third-order valence-electron chi connectivity index (χ3n) is 5.68. The third-order valence-corrected chi connectivity index (χ3v) is 5.68. The smallest absolute Gasteiger partial charge is 0.283 e. The van der Waals surface area contributed by atoms with Gasteiger partial charge in [-0.05, 0) is 37.6 Å². The van der Waals surface area contributed by atoms with Gasteiger partial charge in [0.05, 0.1) is 6.61 Å². The molecule has 0 fully saturated rings. The first-order valence-electron chi connectivity index (χ1n) is 10.5. The summed E-state index contributed by atoms with van der Waals surface area (Å²) < 4.78 is 91.8. The summed E-state index contributed by atoms with van der Waals surface area (Å²) >= 11 is 0. The Morgan fingerprint density at radius 1 is 1.18 bits per heavy atom. The molecule has 0 saturated heterocycles. The minimum absolute atomic E-state index is 0.0845. The maximum absolute atomic E-state index is 15.4. The summed E-state index contributed by atoms with van der Waals surface area (Å²) in [5, 5.41) is 2.39. The number of amidine groups is 1. The Labute approximate surface area is 192 Å². The van der Waals surface area contributed by atoms with Crippen molar-refractivity contribution in [3.8, 4) is 0 Å². The minimum Gasteiger partial charge on any atom is -0.465 e. The summed E-state index contributed by atoms with van der Waals surface area (Å²) in [4.78, 5) is 19.8. The average molecular weight is 490 g/mol. The fourth-order valence-electron chi connectivity index (χ4n) is 3.64. The highest BCUT2D eigenvalue weighted by atomic mass is 19.3. The standard InChI is InChI=1S/C22H24F6N4O2/c1-20(22(27,28)9-8-21(25,26)7-2-10-34-19(29)32-20)15-11-14(4-5-16(15)24)31-18(33)17-6-3-13(23)12-30-17/h3-6,11-13,17H,2,7-10H2,1H3,(H2,29,32)(H,31,33). The molecule has 186 valence electrons. The summed E-state index contributed by atoms with van der Waals surface area (Å²) in [6.07, 6.45) is -1.43. The van der Waals surface area contributed by atoms with Crippen LogP contribution in [0.1, 0.15) is 38.2 Å². The molecule has 1 aromatic carbocycles. The van der Waals surface area contributed by atoms with Gasteiger partial charge in [-0.25, -0.2) is 31.3 Å². The number of nitrogens with two attached hydrogens (primary N) is 1. The second-order valence-electron chi connectivity index (χ2n) is 8.29. The number of ether oxygens (including phenoxy) is 1. The molecule has 1 amide bonds. The Morgan fingerprint density at radius 3 is 2.59 bits per heavy atom. The minimum atomic E-state index is -3.97. The molecule has 0 spiro atoms. The van der Waals surface area contributed by atoms with Crippen molar-refractivity contribution in [1.82, 2.24) is 0 Å². The fraction of sp³-hybridized carbons (Fsp3) is 0.500. The lowest BCUT2D eigenvalue weighted by Gasteiger charge is -2.35. The number of amides is 1. The number of nitrogens with zero attached hydrogens (tertiary/aromatic N) is 2. The van der Waals surface area contributed by atoms with Crippen molar-refractivity contribution in [3.05, 3.63) is 41.7 Å². The molecule has 0 saturated carbocycles. The number of hydrogen-bond donors (Lipinski definition) is 2. The summed E-state index contributed by atoms with van der Waals surface area (Å²) in [7, 11) is 0. The Bertz CT molecular complexity index is 999. The highest BCUT2D eigenvalue weighted by Crippen LogP contribution is 2.47. The molecule has 1 aromatic rings. The van der Waals surface area contributed by atoms with Crippen LogP contribution in [0.5, 0.6) is 0 Å². The van der Waals surface area contributed by atoms with Gasteiger partial charge in [-0.2, -0.15) is 0 Å². The molecule has 6 nitrogen and oxygen atoms in total. The van der Waals surface area contributed by atoms with Crippen LogP contribution in [0.2, 0.25) is 0 Å². The van der Waals surface area contributed by atoms with Crippen LogP contribution in [0.15, 0.2) is 40.3 Å². The lowest BCUT2D eigenvalue weighted by Crippen LogP contribution is -2.44. The van der Waals surface area contributed by atoms with Crippen LogP contribution in [0.25, 0.3) is 0 Å². The fourth-order valence-corrected chi connectivity index (χ4v) is 3.64. The second kappa shape index (κ2) is 9.67. The van der Waals surface area contributed by atoms with Crippen molar-refractivity contribution in [3.63, 3.8) is 0 Å². The Morgan fingerprint density at radius 2 is 1.91 bits per heavy atom. The number of dihydropyridines is 1. The number of alkyl halides is 5. The zero-order valence-electron chi connectivity index (χ0n) is 18.2. The van der Waals surface area contributed by atoms with Gasteiger partial charge < -0.3 is 15.8 Å². The van der Waals surface area contributed by atoms with E-state index in [9.17, 15) is 22.4 Å². The molecule has 2 heterocycles. The molecule has 2 aliphatic rings. The molecule has 12 heteroatoms. The van der Waals surface area contributed by atoms with Gasteiger partial charge in [-0.15, -0.1) is 0 Å². The molecule has 2 aliphatic heterocycles. The predicted octanol–water partition coefficient (Wildman–Crippen LogP) is 4.50. The maximum atomic E-state index is 15.4. The van der Waals surface area contributed by atoms with E-state index in [1.807, 2.05) is 0 Å². The second-order valence-corrected chi connectivity index (χ2v) is 8.29. The van der Waals surface area contributed by atoms with Crippen molar-refractivity contribution in [2.24, 2.45) is 15.7 Å². The predicted molar refractivity (Wildman–Crippen MR) is 115 cm³/mol. The first-order chi connectivity index (χ1) is 15.8. The number of anilines is 1. The van der Waals surface area contributed by atoms with Gasteiger partial charge in [0.15, 0.2) is 11.7 Å². The van der Waals surface area contributed by atoms with Gasteiger partial charge in [0.1, 0.15) is 11.9 Å². The van der Waals surface area contributed by atoms with Crippen LogP contribution in [0, 0.1) is 5.82 Å². The molecular formula is C22H24F6N4O2. The number of benzene rings is 1. The zero-order valence-corrected chi connectivity index (χ0v) is 18.2. The Balaban J connectivity index is 1.98. The van der Waals surface area contributed by atoms with Crippen LogP contribution in [-0.4, -0.2) is 48.8 Å². The van der Waals surface area contributed by atoms with Crippen molar-refractivity contribution < 1.29 is 35.9 Å². The number of halogens is 6.